The van der Waals surface area contributed by atoms with E-state index in [2.05, 4.69) is 9.97 Å². The third-order valence-electron chi connectivity index (χ3n) is 3.86. The Morgan fingerprint density at radius 2 is 1.71 bits per heavy atom. The van der Waals surface area contributed by atoms with Gasteiger partial charge in [0.05, 0.1) is 16.6 Å². The number of carbonyl (C=O) groups is 2. The van der Waals surface area contributed by atoms with Crippen LogP contribution in [0.3, 0.4) is 0 Å². The quantitative estimate of drug-likeness (QED) is 0.494. The van der Waals surface area contributed by atoms with E-state index in [1.54, 1.807) is 12.1 Å². The fourth-order valence-electron chi connectivity index (χ4n) is 2.83. The van der Waals surface area contributed by atoms with E-state index in [4.69, 9.17) is 0 Å². The second-order valence-corrected chi connectivity index (χ2v) is 5.04. The van der Waals surface area contributed by atoms with Crippen molar-refractivity contribution < 1.29 is 9.59 Å². The Hall–Kier alpha value is -2.88. The van der Waals surface area contributed by atoms with Gasteiger partial charge in [0, 0.05) is 11.6 Å². The van der Waals surface area contributed by atoms with Crippen molar-refractivity contribution in [2.45, 2.75) is 6.92 Å². The van der Waals surface area contributed by atoms with Crippen molar-refractivity contribution in [3.05, 3.63) is 70.7 Å². The summed E-state index contributed by atoms with van der Waals surface area (Å²) in [4.78, 5) is 33.7. The predicted molar refractivity (Wildman–Crippen MR) is 77.6 cm³/mol. The molecule has 0 fully saturated rings. The largest absolute Gasteiger partial charge is 0.287 e. The molecule has 1 aromatic carbocycles. The molecule has 4 heteroatoms. The molecule has 0 spiro atoms. The summed E-state index contributed by atoms with van der Waals surface area (Å²) in [5, 5.41) is 0.886. The first-order chi connectivity index (χ1) is 10.2. The molecule has 4 rings (SSSR count). The van der Waals surface area contributed by atoms with Crippen molar-refractivity contribution in [1.82, 2.24) is 9.97 Å². The lowest BCUT2D eigenvalue weighted by molar-refractivity contribution is 0.0971. The van der Waals surface area contributed by atoms with E-state index in [0.29, 0.717) is 11.1 Å². The van der Waals surface area contributed by atoms with Crippen LogP contribution in [0.15, 0.2) is 42.6 Å². The molecule has 0 N–H and O–H groups in total. The number of para-hydroxylation sites is 1. The van der Waals surface area contributed by atoms with Crippen LogP contribution in [0.25, 0.3) is 10.9 Å². The maximum atomic E-state index is 12.7. The van der Waals surface area contributed by atoms with E-state index >= 15 is 0 Å². The van der Waals surface area contributed by atoms with Gasteiger partial charge in [0.1, 0.15) is 11.4 Å². The topological polar surface area (TPSA) is 59.9 Å². The molecule has 0 aliphatic heterocycles. The lowest BCUT2D eigenvalue weighted by Gasteiger charge is -2.18. The number of hydrogen-bond donors (Lipinski definition) is 0. The molecule has 0 saturated heterocycles. The fourth-order valence-corrected chi connectivity index (χ4v) is 2.83. The number of benzene rings is 1. The second kappa shape index (κ2) is 4.06. The smallest absolute Gasteiger partial charge is 0.214 e. The average molecular weight is 274 g/mol. The van der Waals surface area contributed by atoms with E-state index in [1.165, 1.54) is 6.20 Å². The number of carbonyl (C=O) groups excluding carboxylic acids is 2. The molecule has 3 aromatic rings. The fraction of sp³-hybridized carbons (Fsp3) is 0.0588. The van der Waals surface area contributed by atoms with Crippen molar-refractivity contribution >= 4 is 22.5 Å². The summed E-state index contributed by atoms with van der Waals surface area (Å²) in [5.41, 5.74) is 2.67. The van der Waals surface area contributed by atoms with E-state index in [-0.39, 0.29) is 23.0 Å². The number of ketones is 2. The van der Waals surface area contributed by atoms with Crippen LogP contribution >= 0.6 is 0 Å². The van der Waals surface area contributed by atoms with Crippen molar-refractivity contribution in [2.75, 3.05) is 0 Å². The van der Waals surface area contributed by atoms with Gasteiger partial charge in [0.2, 0.25) is 11.6 Å². The van der Waals surface area contributed by atoms with Gasteiger partial charge in [-0.3, -0.25) is 14.6 Å². The van der Waals surface area contributed by atoms with Gasteiger partial charge in [-0.2, -0.15) is 0 Å². The van der Waals surface area contributed by atoms with Crippen LogP contribution in [0.5, 0.6) is 0 Å². The molecule has 1 aliphatic rings. The van der Waals surface area contributed by atoms with Crippen molar-refractivity contribution in [2.24, 2.45) is 0 Å². The minimum absolute atomic E-state index is 0.218. The molecule has 2 heterocycles. The van der Waals surface area contributed by atoms with Crippen molar-refractivity contribution in [1.29, 1.82) is 0 Å². The Morgan fingerprint density at radius 3 is 2.57 bits per heavy atom. The first-order valence-corrected chi connectivity index (χ1v) is 6.62. The van der Waals surface area contributed by atoms with Crippen LogP contribution in [0.1, 0.15) is 37.7 Å². The number of rotatable bonds is 0. The first-order valence-electron chi connectivity index (χ1n) is 6.62. The Bertz CT molecular complexity index is 945. The van der Waals surface area contributed by atoms with E-state index < -0.39 is 0 Å². The Labute approximate surface area is 120 Å². The van der Waals surface area contributed by atoms with Crippen LogP contribution in [-0.2, 0) is 0 Å². The molecule has 0 radical (unpaired) electrons. The number of fused-ring (bicyclic) bond motifs is 3. The molecule has 21 heavy (non-hydrogen) atoms. The van der Waals surface area contributed by atoms with Gasteiger partial charge in [0.15, 0.2) is 0 Å². The Morgan fingerprint density at radius 1 is 0.905 bits per heavy atom. The van der Waals surface area contributed by atoms with E-state index in [9.17, 15) is 9.59 Å². The lowest BCUT2D eigenvalue weighted by atomic mass is 9.86. The standard InChI is InChI=1S/C17H10N2O2/c1-9-10-5-2-3-7-12(10)19-15-13(9)17(21)14-11(16(15)20)6-4-8-18-14/h2-8H,1H3. The highest BCUT2D eigenvalue weighted by atomic mass is 16.1. The zero-order valence-corrected chi connectivity index (χ0v) is 11.3. The van der Waals surface area contributed by atoms with Gasteiger partial charge in [-0.25, -0.2) is 4.98 Å². The summed E-state index contributed by atoms with van der Waals surface area (Å²) < 4.78 is 0. The van der Waals surface area contributed by atoms with Gasteiger partial charge < -0.3 is 0 Å². The molecule has 0 atom stereocenters. The van der Waals surface area contributed by atoms with Crippen molar-refractivity contribution in [3.63, 3.8) is 0 Å². The zero-order chi connectivity index (χ0) is 14.6. The maximum absolute atomic E-state index is 12.7. The summed E-state index contributed by atoms with van der Waals surface area (Å²) in [6, 6.07) is 10.8. The summed E-state index contributed by atoms with van der Waals surface area (Å²) in [7, 11) is 0. The first kappa shape index (κ1) is 11.9. The minimum Gasteiger partial charge on any atom is -0.287 e. The molecule has 0 bridgehead atoms. The van der Waals surface area contributed by atoms with Crippen LogP contribution in [-0.4, -0.2) is 21.5 Å². The van der Waals surface area contributed by atoms with Crippen LogP contribution < -0.4 is 0 Å². The van der Waals surface area contributed by atoms with Gasteiger partial charge in [-0.15, -0.1) is 0 Å². The SMILES string of the molecule is Cc1c2c(nc3ccccc13)C(=O)c1cccnc1C2=O. The van der Waals surface area contributed by atoms with Crippen LogP contribution in [0.2, 0.25) is 0 Å². The Balaban J connectivity index is 2.14. The number of aromatic nitrogens is 2. The number of pyridine rings is 2. The molecule has 2 aromatic heterocycles. The van der Waals surface area contributed by atoms with Crippen molar-refractivity contribution in [3.8, 4) is 0 Å². The molecule has 0 amide bonds. The third-order valence-corrected chi connectivity index (χ3v) is 3.86. The van der Waals surface area contributed by atoms with Crippen LogP contribution in [0, 0.1) is 6.92 Å². The second-order valence-electron chi connectivity index (χ2n) is 5.04. The zero-order valence-electron chi connectivity index (χ0n) is 11.3. The highest BCUT2D eigenvalue weighted by Gasteiger charge is 2.33. The average Bonchev–Trinajstić information content (AvgIpc) is 2.52. The van der Waals surface area contributed by atoms with Gasteiger partial charge in [-0.1, -0.05) is 18.2 Å². The molecule has 100 valence electrons. The monoisotopic (exact) mass is 274 g/mol. The number of aryl methyl sites for hydroxylation is 1. The van der Waals surface area contributed by atoms with Gasteiger partial charge in [-0.05, 0) is 30.7 Å². The molecule has 4 nitrogen and oxygen atoms in total. The summed E-state index contributed by atoms with van der Waals surface area (Å²) in [6.07, 6.45) is 1.53. The molecule has 1 aliphatic carbocycles. The minimum atomic E-state index is -0.235. The highest BCUT2D eigenvalue weighted by molar-refractivity contribution is 6.28. The number of hydrogen-bond acceptors (Lipinski definition) is 4. The normalized spacial score (nSPS) is 13.2. The number of nitrogens with zero attached hydrogens (tertiary/aromatic N) is 2. The molecular weight excluding hydrogens is 264 g/mol. The predicted octanol–water partition coefficient (Wildman–Crippen LogP) is 2.71. The summed E-state index contributed by atoms with van der Waals surface area (Å²) >= 11 is 0. The molecular formula is C17H10N2O2. The third kappa shape index (κ3) is 1.50. The summed E-state index contributed by atoms with van der Waals surface area (Å²) in [6.45, 7) is 1.85. The van der Waals surface area contributed by atoms with Gasteiger partial charge >= 0.3 is 0 Å². The lowest BCUT2D eigenvalue weighted by Crippen LogP contribution is -2.24. The molecule has 0 unspecified atom stereocenters. The maximum Gasteiger partial charge on any atom is 0.214 e. The van der Waals surface area contributed by atoms with Gasteiger partial charge in [0.25, 0.3) is 0 Å². The van der Waals surface area contributed by atoms with Crippen LogP contribution in [0.4, 0.5) is 0 Å². The van der Waals surface area contributed by atoms with E-state index in [1.807, 2.05) is 31.2 Å². The van der Waals surface area contributed by atoms with E-state index in [0.717, 1.165) is 16.5 Å². The molecule has 0 saturated carbocycles. The summed E-state index contributed by atoms with van der Waals surface area (Å²) in [5.74, 6) is -0.461. The Kier molecular flexibility index (Phi) is 2.30. The highest BCUT2D eigenvalue weighted by Crippen LogP contribution is 2.30.